The number of carbonyl (C=O) groups is 1. The number of hydrazone groups is 1. The van der Waals surface area contributed by atoms with Crippen molar-refractivity contribution in [1.29, 1.82) is 0 Å². The van der Waals surface area contributed by atoms with Gasteiger partial charge in [0.15, 0.2) is 0 Å². The Morgan fingerprint density at radius 1 is 1.70 bits per heavy atom. The molecule has 0 aliphatic carbocycles. The minimum absolute atomic E-state index is 0.274. The Kier molecular flexibility index (Phi) is 1.85. The van der Waals surface area contributed by atoms with Crippen LogP contribution in [-0.4, -0.2) is 20.4 Å². The molecule has 0 radical (unpaired) electrons. The molecule has 0 aromatic carbocycles. The maximum atomic E-state index is 11.1. The minimum Gasteiger partial charge on any atom is -0.272 e. The molecular weight excluding hydrogens is 152 g/mol. The van der Waals surface area contributed by atoms with Crippen molar-refractivity contribution in [2.75, 3.05) is 0 Å². The average Bonchev–Trinajstić information content (AvgIpc) is 1.93. The lowest BCUT2D eigenvalue weighted by Gasteiger charge is -2.14. The van der Waals surface area contributed by atoms with E-state index in [9.17, 15) is 9.00 Å². The summed E-state index contributed by atoms with van der Waals surface area (Å²) in [5.41, 5.74) is 2.27. The van der Waals surface area contributed by atoms with Crippen molar-refractivity contribution in [3.63, 3.8) is 0 Å². The van der Waals surface area contributed by atoms with Crippen LogP contribution in [0.15, 0.2) is 5.10 Å². The Hall–Kier alpha value is -0.710. The van der Waals surface area contributed by atoms with Gasteiger partial charge in [-0.2, -0.15) is 5.10 Å². The van der Waals surface area contributed by atoms with Gasteiger partial charge in [-0.1, -0.05) is 0 Å². The van der Waals surface area contributed by atoms with E-state index in [0.717, 1.165) is 0 Å². The van der Waals surface area contributed by atoms with Gasteiger partial charge in [0.05, 0.1) is 10.8 Å². The molecule has 1 amide bonds. The van der Waals surface area contributed by atoms with Crippen LogP contribution in [0.2, 0.25) is 0 Å². The second-order valence-electron chi connectivity index (χ2n) is 2.05. The Bertz CT molecular complexity index is 224. The predicted octanol–water partition coefficient (Wildman–Crippen LogP) is -0.413. The molecule has 0 aromatic rings. The van der Waals surface area contributed by atoms with Crippen LogP contribution >= 0.6 is 0 Å². The van der Waals surface area contributed by atoms with Crippen molar-refractivity contribution >= 4 is 21.8 Å². The summed E-state index contributed by atoms with van der Waals surface area (Å²) in [4.78, 5) is 10.7. The Morgan fingerprint density at radius 3 is 2.80 bits per heavy atom. The van der Waals surface area contributed by atoms with E-state index in [-0.39, 0.29) is 5.91 Å². The van der Waals surface area contributed by atoms with Gasteiger partial charge in [-0.15, -0.1) is 0 Å². The third-order valence-corrected chi connectivity index (χ3v) is 2.83. The zero-order chi connectivity index (χ0) is 7.72. The van der Waals surface area contributed by atoms with Crippen LogP contribution in [0.1, 0.15) is 13.8 Å². The molecule has 1 heterocycles. The van der Waals surface area contributed by atoms with E-state index < -0.39 is 16.0 Å². The number of carbonyl (C=O) groups excluding carboxylic acids is 1. The quantitative estimate of drug-likeness (QED) is 0.523. The Labute approximate surface area is 61.1 Å². The van der Waals surface area contributed by atoms with E-state index in [0.29, 0.717) is 5.04 Å². The zero-order valence-electron chi connectivity index (χ0n) is 5.75. The van der Waals surface area contributed by atoms with E-state index in [1.807, 2.05) is 0 Å². The second-order valence-corrected chi connectivity index (χ2v) is 3.94. The molecular formula is C5H8N2O2S. The second kappa shape index (κ2) is 2.49. The predicted molar refractivity (Wildman–Crippen MR) is 38.9 cm³/mol. The first-order valence-electron chi connectivity index (χ1n) is 2.87. The maximum absolute atomic E-state index is 11.1. The molecule has 1 aliphatic heterocycles. The van der Waals surface area contributed by atoms with Gasteiger partial charge in [0.25, 0.3) is 5.91 Å². The molecule has 2 unspecified atom stereocenters. The number of nitrogens with zero attached hydrogens (tertiary/aromatic N) is 1. The van der Waals surface area contributed by atoms with Crippen LogP contribution in [-0.2, 0) is 15.6 Å². The lowest BCUT2D eigenvalue weighted by Crippen LogP contribution is -2.39. The fraction of sp³-hybridized carbons (Fsp3) is 0.600. The number of nitrogens with one attached hydrogen (secondary N) is 1. The standard InChI is InChI=1S/C5H8N2O2S/c1-3-5(8)7-6-4(2)10(3)9/h3H,1-2H3,(H,7,8). The maximum Gasteiger partial charge on any atom is 0.255 e. The summed E-state index contributed by atoms with van der Waals surface area (Å²) in [6.07, 6.45) is 0. The summed E-state index contributed by atoms with van der Waals surface area (Å²) < 4.78 is 11.1. The molecule has 56 valence electrons. The van der Waals surface area contributed by atoms with Gasteiger partial charge >= 0.3 is 0 Å². The molecule has 10 heavy (non-hydrogen) atoms. The number of hydrogen-bond donors (Lipinski definition) is 1. The van der Waals surface area contributed by atoms with Crippen LogP contribution in [0.3, 0.4) is 0 Å². The lowest BCUT2D eigenvalue weighted by atomic mass is 10.5. The molecule has 5 heteroatoms. The smallest absolute Gasteiger partial charge is 0.255 e. The van der Waals surface area contributed by atoms with Gasteiger partial charge in [-0.25, -0.2) is 5.43 Å². The van der Waals surface area contributed by atoms with Gasteiger partial charge in [0, 0.05) is 0 Å². The summed E-state index contributed by atoms with van der Waals surface area (Å²) >= 11 is 0. The molecule has 0 aromatic heterocycles. The van der Waals surface area contributed by atoms with Crippen molar-refractivity contribution in [3.8, 4) is 0 Å². The summed E-state index contributed by atoms with van der Waals surface area (Å²) in [6, 6.07) is 0. The van der Waals surface area contributed by atoms with Gasteiger partial charge in [0.2, 0.25) is 0 Å². The first-order valence-corrected chi connectivity index (χ1v) is 4.09. The van der Waals surface area contributed by atoms with Crippen molar-refractivity contribution in [2.24, 2.45) is 5.10 Å². The Morgan fingerprint density at radius 2 is 2.30 bits per heavy atom. The molecule has 2 atom stereocenters. The third kappa shape index (κ3) is 1.09. The van der Waals surface area contributed by atoms with Gasteiger partial charge in [0.1, 0.15) is 10.3 Å². The van der Waals surface area contributed by atoms with Crippen molar-refractivity contribution in [1.82, 2.24) is 5.43 Å². The highest BCUT2D eigenvalue weighted by Crippen LogP contribution is 2.02. The topological polar surface area (TPSA) is 58.5 Å². The molecule has 1 N–H and O–H groups in total. The van der Waals surface area contributed by atoms with Gasteiger partial charge in [-0.3, -0.25) is 9.00 Å². The van der Waals surface area contributed by atoms with Crippen molar-refractivity contribution in [3.05, 3.63) is 0 Å². The van der Waals surface area contributed by atoms with Crippen LogP contribution in [0, 0.1) is 0 Å². The fourth-order valence-corrected chi connectivity index (χ4v) is 1.52. The van der Waals surface area contributed by atoms with E-state index >= 15 is 0 Å². The largest absolute Gasteiger partial charge is 0.272 e. The van der Waals surface area contributed by atoms with Crippen LogP contribution < -0.4 is 5.43 Å². The molecule has 0 saturated carbocycles. The van der Waals surface area contributed by atoms with E-state index in [2.05, 4.69) is 10.5 Å². The van der Waals surface area contributed by atoms with Crippen LogP contribution in [0.25, 0.3) is 0 Å². The molecule has 0 bridgehead atoms. The highest BCUT2D eigenvalue weighted by Gasteiger charge is 2.25. The molecule has 0 fully saturated rings. The highest BCUT2D eigenvalue weighted by atomic mass is 32.2. The van der Waals surface area contributed by atoms with Crippen molar-refractivity contribution in [2.45, 2.75) is 19.1 Å². The molecule has 0 saturated heterocycles. The van der Waals surface area contributed by atoms with E-state index in [1.54, 1.807) is 13.8 Å². The summed E-state index contributed by atoms with van der Waals surface area (Å²) in [5.74, 6) is -0.274. The van der Waals surface area contributed by atoms with Crippen LogP contribution in [0.4, 0.5) is 0 Å². The molecule has 0 spiro atoms. The summed E-state index contributed by atoms with van der Waals surface area (Å²) in [6.45, 7) is 3.25. The molecule has 1 rings (SSSR count). The third-order valence-electron chi connectivity index (χ3n) is 1.31. The van der Waals surface area contributed by atoms with Crippen molar-refractivity contribution < 1.29 is 9.00 Å². The highest BCUT2D eigenvalue weighted by molar-refractivity contribution is 8.01. The first kappa shape index (κ1) is 7.40. The van der Waals surface area contributed by atoms with Crippen LogP contribution in [0.5, 0.6) is 0 Å². The first-order chi connectivity index (χ1) is 4.63. The minimum atomic E-state index is -1.22. The number of rotatable bonds is 0. The molecule has 1 aliphatic rings. The zero-order valence-corrected chi connectivity index (χ0v) is 6.57. The van der Waals surface area contributed by atoms with E-state index in [1.165, 1.54) is 0 Å². The van der Waals surface area contributed by atoms with Gasteiger partial charge in [-0.05, 0) is 13.8 Å². The summed E-state index contributed by atoms with van der Waals surface area (Å²) in [7, 11) is -1.22. The van der Waals surface area contributed by atoms with Gasteiger partial charge < -0.3 is 0 Å². The average molecular weight is 160 g/mol. The monoisotopic (exact) mass is 160 g/mol. The number of amides is 1. The molecule has 4 nitrogen and oxygen atoms in total. The summed E-state index contributed by atoms with van der Waals surface area (Å²) in [5, 5.41) is 3.58. The Balaban J connectivity index is 2.91. The SMILES string of the molecule is CC1=NNC(=O)C(C)S1=O. The lowest BCUT2D eigenvalue weighted by molar-refractivity contribution is -0.120. The van der Waals surface area contributed by atoms with E-state index in [4.69, 9.17) is 0 Å². The fourth-order valence-electron chi connectivity index (χ4n) is 0.623. The normalized spacial score (nSPS) is 33.0. The number of hydrogen-bond acceptors (Lipinski definition) is 3.